The van der Waals surface area contributed by atoms with E-state index in [0.717, 1.165) is 57.8 Å². The first-order chi connectivity index (χ1) is 14.2. The zero-order valence-electron chi connectivity index (χ0n) is 19.5. The maximum Gasteiger partial charge on any atom is 0.305 e. The number of hydrogen-bond acceptors (Lipinski definition) is 4. The smallest absolute Gasteiger partial charge is 0.305 e. The third kappa shape index (κ3) is 23.1. The summed E-state index contributed by atoms with van der Waals surface area (Å²) in [5, 5.41) is 0. The summed E-state index contributed by atoms with van der Waals surface area (Å²) in [6, 6.07) is 0. The van der Waals surface area contributed by atoms with Crippen LogP contribution in [0.15, 0.2) is 0 Å². The maximum absolute atomic E-state index is 11.7. The molecule has 0 aromatic rings. The van der Waals surface area contributed by atoms with Crippen LogP contribution in [-0.4, -0.2) is 25.2 Å². The van der Waals surface area contributed by atoms with Crippen LogP contribution in [0, 0.1) is 0 Å². The molecule has 0 fully saturated rings. The third-order valence-corrected chi connectivity index (χ3v) is 5.28. The Balaban J connectivity index is 3.27. The second-order valence-electron chi connectivity index (χ2n) is 8.24. The summed E-state index contributed by atoms with van der Waals surface area (Å²) in [7, 11) is 0. The number of unbranched alkanes of at least 4 members (excludes halogenated alkanes) is 14. The molecule has 0 unspecified atom stereocenters. The molecule has 0 aliphatic rings. The van der Waals surface area contributed by atoms with Crippen molar-refractivity contribution < 1.29 is 19.1 Å². The summed E-state index contributed by atoms with van der Waals surface area (Å²) in [5.41, 5.74) is 0. The van der Waals surface area contributed by atoms with Crippen LogP contribution in [-0.2, 0) is 19.1 Å². The summed E-state index contributed by atoms with van der Waals surface area (Å²) >= 11 is 0. The van der Waals surface area contributed by atoms with Gasteiger partial charge in [-0.1, -0.05) is 97.3 Å². The van der Waals surface area contributed by atoms with E-state index in [9.17, 15) is 9.59 Å². The Morgan fingerprint density at radius 1 is 0.448 bits per heavy atom. The van der Waals surface area contributed by atoms with Crippen molar-refractivity contribution in [1.29, 1.82) is 0 Å². The molecule has 0 saturated carbocycles. The molecule has 4 heteroatoms. The van der Waals surface area contributed by atoms with Gasteiger partial charge in [-0.3, -0.25) is 9.59 Å². The van der Waals surface area contributed by atoms with E-state index in [1.165, 1.54) is 51.4 Å². The average molecular weight is 413 g/mol. The Morgan fingerprint density at radius 2 is 0.759 bits per heavy atom. The zero-order valence-corrected chi connectivity index (χ0v) is 19.5. The normalized spacial score (nSPS) is 10.8. The molecule has 0 aliphatic carbocycles. The second-order valence-corrected chi connectivity index (χ2v) is 8.24. The first-order valence-corrected chi connectivity index (χ1v) is 12.5. The third-order valence-electron chi connectivity index (χ3n) is 5.28. The average Bonchev–Trinajstić information content (AvgIpc) is 2.71. The van der Waals surface area contributed by atoms with E-state index in [1.807, 2.05) is 0 Å². The van der Waals surface area contributed by atoms with E-state index in [0.29, 0.717) is 26.1 Å². The molecular formula is C25H48O4. The Morgan fingerprint density at radius 3 is 1.14 bits per heavy atom. The fraction of sp³-hybridized carbons (Fsp3) is 0.920. The lowest BCUT2D eigenvalue weighted by atomic mass is 10.1. The van der Waals surface area contributed by atoms with Crippen molar-refractivity contribution in [3.63, 3.8) is 0 Å². The van der Waals surface area contributed by atoms with Gasteiger partial charge in [0.2, 0.25) is 0 Å². The minimum absolute atomic E-state index is 0.0585. The van der Waals surface area contributed by atoms with Crippen molar-refractivity contribution in [1.82, 2.24) is 0 Å². The first kappa shape index (κ1) is 27.9. The van der Waals surface area contributed by atoms with Gasteiger partial charge in [0.15, 0.2) is 0 Å². The highest BCUT2D eigenvalue weighted by Gasteiger charge is 2.04. The fourth-order valence-electron chi connectivity index (χ4n) is 3.35. The highest BCUT2D eigenvalue weighted by molar-refractivity contribution is 5.69. The molecule has 0 aromatic heterocycles. The summed E-state index contributed by atoms with van der Waals surface area (Å²) in [4.78, 5) is 23.3. The molecule has 0 atom stereocenters. The van der Waals surface area contributed by atoms with Crippen LogP contribution in [0.2, 0.25) is 0 Å². The van der Waals surface area contributed by atoms with Gasteiger partial charge in [0.05, 0.1) is 13.2 Å². The van der Waals surface area contributed by atoms with Crippen molar-refractivity contribution in [2.45, 2.75) is 136 Å². The van der Waals surface area contributed by atoms with E-state index >= 15 is 0 Å². The minimum Gasteiger partial charge on any atom is -0.466 e. The van der Waals surface area contributed by atoms with Crippen LogP contribution in [0.1, 0.15) is 136 Å². The lowest BCUT2D eigenvalue weighted by Crippen LogP contribution is -2.06. The van der Waals surface area contributed by atoms with Gasteiger partial charge in [-0.25, -0.2) is 0 Å². The Hall–Kier alpha value is -1.06. The van der Waals surface area contributed by atoms with Crippen LogP contribution in [0.5, 0.6) is 0 Å². The molecule has 0 rings (SSSR count). The van der Waals surface area contributed by atoms with Gasteiger partial charge in [0, 0.05) is 12.8 Å². The molecule has 172 valence electrons. The van der Waals surface area contributed by atoms with Crippen molar-refractivity contribution >= 4 is 11.9 Å². The number of carbonyl (C=O) groups excluding carboxylic acids is 2. The lowest BCUT2D eigenvalue weighted by molar-refractivity contribution is -0.144. The van der Waals surface area contributed by atoms with Gasteiger partial charge >= 0.3 is 11.9 Å². The molecule has 0 N–H and O–H groups in total. The standard InChI is InChI=1S/C25H48O4/c1-3-5-7-9-14-18-22-28-24(26)20-16-12-11-13-17-21-25(27)29-23-19-15-10-8-6-4-2/h3-23H2,1-2H3. The number of carbonyl (C=O) groups is 2. The van der Waals surface area contributed by atoms with E-state index in [4.69, 9.17) is 9.47 Å². The molecule has 0 radical (unpaired) electrons. The molecule has 0 bridgehead atoms. The van der Waals surface area contributed by atoms with E-state index in [-0.39, 0.29) is 11.9 Å². The summed E-state index contributed by atoms with van der Waals surface area (Å²) in [6.07, 6.45) is 20.5. The molecular weight excluding hydrogens is 364 g/mol. The van der Waals surface area contributed by atoms with Crippen molar-refractivity contribution in [3.8, 4) is 0 Å². The molecule has 0 saturated heterocycles. The Labute approximate surface area is 180 Å². The lowest BCUT2D eigenvalue weighted by Gasteiger charge is -2.06. The van der Waals surface area contributed by atoms with Gasteiger partial charge in [-0.05, 0) is 25.7 Å². The summed E-state index contributed by atoms with van der Waals surface area (Å²) in [6.45, 7) is 5.58. The van der Waals surface area contributed by atoms with Crippen LogP contribution < -0.4 is 0 Å². The quantitative estimate of drug-likeness (QED) is 0.136. The minimum atomic E-state index is -0.0585. The molecule has 0 amide bonds. The molecule has 0 heterocycles. The highest BCUT2D eigenvalue weighted by Crippen LogP contribution is 2.10. The van der Waals surface area contributed by atoms with Crippen LogP contribution in [0.25, 0.3) is 0 Å². The van der Waals surface area contributed by atoms with Crippen LogP contribution >= 0.6 is 0 Å². The van der Waals surface area contributed by atoms with Gasteiger partial charge in [-0.2, -0.15) is 0 Å². The number of esters is 2. The molecule has 0 aliphatic heterocycles. The van der Waals surface area contributed by atoms with Crippen molar-refractivity contribution in [2.24, 2.45) is 0 Å². The SMILES string of the molecule is CCCCCCCCOC(=O)CCCCCCCC(=O)OCCCCCCCC. The predicted molar refractivity (Wildman–Crippen MR) is 121 cm³/mol. The molecule has 29 heavy (non-hydrogen) atoms. The Kier molecular flexibility index (Phi) is 22.4. The second kappa shape index (κ2) is 23.2. The Bertz CT molecular complexity index is 334. The van der Waals surface area contributed by atoms with Crippen molar-refractivity contribution in [2.75, 3.05) is 13.2 Å². The predicted octanol–water partition coefficient (Wildman–Crippen LogP) is 7.52. The molecule has 0 spiro atoms. The summed E-state index contributed by atoms with van der Waals surface area (Å²) < 4.78 is 10.6. The van der Waals surface area contributed by atoms with E-state index < -0.39 is 0 Å². The van der Waals surface area contributed by atoms with Gasteiger partial charge in [0.25, 0.3) is 0 Å². The largest absolute Gasteiger partial charge is 0.466 e. The number of rotatable bonds is 22. The molecule has 0 aromatic carbocycles. The highest BCUT2D eigenvalue weighted by atomic mass is 16.5. The zero-order chi connectivity index (χ0) is 21.4. The number of ether oxygens (including phenoxy) is 2. The monoisotopic (exact) mass is 412 g/mol. The topological polar surface area (TPSA) is 52.6 Å². The fourth-order valence-corrected chi connectivity index (χ4v) is 3.35. The first-order valence-electron chi connectivity index (χ1n) is 12.5. The van der Waals surface area contributed by atoms with E-state index in [2.05, 4.69) is 13.8 Å². The van der Waals surface area contributed by atoms with Gasteiger partial charge in [-0.15, -0.1) is 0 Å². The summed E-state index contributed by atoms with van der Waals surface area (Å²) in [5.74, 6) is -0.117. The van der Waals surface area contributed by atoms with Crippen molar-refractivity contribution in [3.05, 3.63) is 0 Å². The van der Waals surface area contributed by atoms with Gasteiger partial charge in [0.1, 0.15) is 0 Å². The maximum atomic E-state index is 11.7. The van der Waals surface area contributed by atoms with Crippen LogP contribution in [0.4, 0.5) is 0 Å². The van der Waals surface area contributed by atoms with E-state index in [1.54, 1.807) is 0 Å². The number of hydrogen-bond donors (Lipinski definition) is 0. The van der Waals surface area contributed by atoms with Gasteiger partial charge < -0.3 is 9.47 Å². The van der Waals surface area contributed by atoms with Crippen LogP contribution in [0.3, 0.4) is 0 Å². The molecule has 4 nitrogen and oxygen atoms in total.